The topological polar surface area (TPSA) is 65.0 Å². The van der Waals surface area contributed by atoms with Crippen LogP contribution in [0.4, 0.5) is 5.13 Å². The SMILES string of the molecule is CCNC(=NCc1csc(N(C)C)n1)NCC(C(CC)CC)N1CCOCC1.I. The number of aromatic nitrogens is 1. The summed E-state index contributed by atoms with van der Waals surface area (Å²) in [7, 11) is 4.03. The zero-order valence-corrected chi connectivity index (χ0v) is 21.8. The summed E-state index contributed by atoms with van der Waals surface area (Å²) in [5, 5.41) is 10.1. The molecule has 0 amide bonds. The molecule has 0 aliphatic carbocycles. The molecule has 1 atom stereocenters. The Hall–Kier alpha value is -0.650. The van der Waals surface area contributed by atoms with Crippen molar-refractivity contribution in [3.63, 3.8) is 0 Å². The van der Waals surface area contributed by atoms with E-state index in [0.29, 0.717) is 18.5 Å². The van der Waals surface area contributed by atoms with Crippen LogP contribution >= 0.6 is 35.3 Å². The van der Waals surface area contributed by atoms with E-state index in [0.717, 1.165) is 56.2 Å². The number of rotatable bonds is 10. The van der Waals surface area contributed by atoms with Gasteiger partial charge in [-0.3, -0.25) is 4.90 Å². The summed E-state index contributed by atoms with van der Waals surface area (Å²) in [6.45, 7) is 12.7. The van der Waals surface area contributed by atoms with E-state index in [9.17, 15) is 0 Å². The number of hydrogen-bond donors (Lipinski definition) is 2. The molecular weight excluding hydrogens is 499 g/mol. The highest BCUT2D eigenvalue weighted by Crippen LogP contribution is 2.20. The van der Waals surface area contributed by atoms with Crippen molar-refractivity contribution in [3.8, 4) is 0 Å². The van der Waals surface area contributed by atoms with E-state index >= 15 is 0 Å². The van der Waals surface area contributed by atoms with Crippen LogP contribution in [0.15, 0.2) is 10.4 Å². The zero-order chi connectivity index (χ0) is 20.4. The lowest BCUT2D eigenvalue weighted by Crippen LogP contribution is -2.53. The maximum absolute atomic E-state index is 5.56. The van der Waals surface area contributed by atoms with Gasteiger partial charge in [-0.1, -0.05) is 26.7 Å². The highest BCUT2D eigenvalue weighted by Gasteiger charge is 2.27. The summed E-state index contributed by atoms with van der Waals surface area (Å²) in [6.07, 6.45) is 2.39. The van der Waals surface area contributed by atoms with E-state index in [4.69, 9.17) is 9.73 Å². The lowest BCUT2D eigenvalue weighted by molar-refractivity contribution is 0.00272. The molecule has 9 heteroatoms. The Labute approximate surface area is 197 Å². The van der Waals surface area contributed by atoms with E-state index in [1.807, 2.05) is 19.0 Å². The normalized spacial score (nSPS) is 16.4. The first-order valence-electron chi connectivity index (χ1n) is 10.5. The number of guanidine groups is 1. The maximum atomic E-state index is 5.56. The number of nitrogens with zero attached hydrogens (tertiary/aromatic N) is 4. The molecule has 1 saturated heterocycles. The average molecular weight is 539 g/mol. The first kappa shape index (κ1) is 26.4. The van der Waals surface area contributed by atoms with Crippen molar-refractivity contribution in [2.24, 2.45) is 10.9 Å². The van der Waals surface area contributed by atoms with Crippen LogP contribution < -0.4 is 15.5 Å². The summed E-state index contributed by atoms with van der Waals surface area (Å²) < 4.78 is 5.56. The van der Waals surface area contributed by atoms with Gasteiger partial charge in [-0.05, 0) is 12.8 Å². The van der Waals surface area contributed by atoms with Gasteiger partial charge in [-0.2, -0.15) is 0 Å². The van der Waals surface area contributed by atoms with E-state index in [1.165, 1.54) is 12.8 Å². The number of ether oxygens (including phenoxy) is 1. The predicted octanol–water partition coefficient (Wildman–Crippen LogP) is 3.02. The number of nitrogens with one attached hydrogen (secondary N) is 2. The minimum Gasteiger partial charge on any atom is -0.379 e. The molecule has 0 spiro atoms. The maximum Gasteiger partial charge on any atom is 0.191 e. The molecule has 0 bridgehead atoms. The Morgan fingerprint density at radius 2 is 1.93 bits per heavy atom. The molecule has 0 aromatic carbocycles. The second-order valence-electron chi connectivity index (χ2n) is 7.38. The zero-order valence-electron chi connectivity index (χ0n) is 18.6. The number of anilines is 1. The van der Waals surface area contributed by atoms with Crippen LogP contribution in [0.25, 0.3) is 0 Å². The van der Waals surface area contributed by atoms with Crippen molar-refractivity contribution in [2.75, 3.05) is 58.4 Å². The Balaban J connectivity index is 0.00000420. The van der Waals surface area contributed by atoms with Crippen LogP contribution in [-0.4, -0.2) is 75.4 Å². The van der Waals surface area contributed by atoms with Gasteiger partial charge >= 0.3 is 0 Å². The summed E-state index contributed by atoms with van der Waals surface area (Å²) in [5.74, 6) is 1.54. The fourth-order valence-corrected chi connectivity index (χ4v) is 4.36. The molecule has 1 aliphatic heterocycles. The van der Waals surface area contributed by atoms with Crippen LogP contribution in [-0.2, 0) is 11.3 Å². The molecular formula is C20H39IN6OS. The Kier molecular flexibility index (Phi) is 13.1. The fraction of sp³-hybridized carbons (Fsp3) is 0.800. The monoisotopic (exact) mass is 538 g/mol. The summed E-state index contributed by atoms with van der Waals surface area (Å²) in [4.78, 5) is 14.0. The largest absolute Gasteiger partial charge is 0.379 e. The number of hydrogen-bond acceptors (Lipinski definition) is 6. The van der Waals surface area contributed by atoms with Gasteiger partial charge in [0.2, 0.25) is 0 Å². The smallest absolute Gasteiger partial charge is 0.191 e. The molecule has 168 valence electrons. The molecule has 29 heavy (non-hydrogen) atoms. The van der Waals surface area contributed by atoms with Crippen LogP contribution in [0.5, 0.6) is 0 Å². The molecule has 2 N–H and O–H groups in total. The highest BCUT2D eigenvalue weighted by molar-refractivity contribution is 14.0. The van der Waals surface area contributed by atoms with Crippen molar-refractivity contribution >= 4 is 46.4 Å². The number of halogens is 1. The Bertz CT molecular complexity index is 587. The van der Waals surface area contributed by atoms with Crippen molar-refractivity contribution in [1.82, 2.24) is 20.5 Å². The minimum absolute atomic E-state index is 0. The van der Waals surface area contributed by atoms with Crippen molar-refractivity contribution in [2.45, 2.75) is 46.2 Å². The van der Waals surface area contributed by atoms with Crippen LogP contribution in [0.3, 0.4) is 0 Å². The molecule has 1 aromatic heterocycles. The second-order valence-corrected chi connectivity index (χ2v) is 8.22. The summed E-state index contributed by atoms with van der Waals surface area (Å²) in [5.41, 5.74) is 1.01. The summed E-state index contributed by atoms with van der Waals surface area (Å²) >= 11 is 1.66. The first-order valence-corrected chi connectivity index (χ1v) is 11.4. The lowest BCUT2D eigenvalue weighted by atomic mass is 9.92. The Morgan fingerprint density at radius 1 is 1.24 bits per heavy atom. The molecule has 1 aromatic rings. The lowest BCUT2D eigenvalue weighted by Gasteiger charge is -2.39. The number of thiazole rings is 1. The van der Waals surface area contributed by atoms with Crippen LogP contribution in [0.2, 0.25) is 0 Å². The second kappa shape index (κ2) is 14.4. The van der Waals surface area contributed by atoms with Gasteiger partial charge in [0.1, 0.15) is 0 Å². The van der Waals surface area contributed by atoms with E-state index in [-0.39, 0.29) is 24.0 Å². The molecule has 7 nitrogen and oxygen atoms in total. The van der Waals surface area contributed by atoms with Crippen molar-refractivity contribution in [1.29, 1.82) is 0 Å². The van der Waals surface area contributed by atoms with Gasteiger partial charge in [0.25, 0.3) is 0 Å². The molecule has 2 rings (SSSR count). The molecule has 0 radical (unpaired) electrons. The van der Waals surface area contributed by atoms with Crippen LogP contribution in [0.1, 0.15) is 39.3 Å². The first-order chi connectivity index (χ1) is 13.6. The quantitative estimate of drug-likeness (QED) is 0.271. The van der Waals surface area contributed by atoms with E-state index < -0.39 is 0 Å². The van der Waals surface area contributed by atoms with Crippen LogP contribution in [0, 0.1) is 5.92 Å². The van der Waals surface area contributed by atoms with Gasteiger partial charge in [0.15, 0.2) is 11.1 Å². The van der Waals surface area contributed by atoms with E-state index in [2.05, 4.69) is 46.7 Å². The van der Waals surface area contributed by atoms with E-state index in [1.54, 1.807) is 11.3 Å². The third kappa shape index (κ3) is 8.55. The molecule has 1 unspecified atom stereocenters. The molecule has 0 saturated carbocycles. The third-order valence-electron chi connectivity index (χ3n) is 5.25. The average Bonchev–Trinajstić information content (AvgIpc) is 3.19. The summed E-state index contributed by atoms with van der Waals surface area (Å²) in [6, 6.07) is 0.502. The van der Waals surface area contributed by atoms with Gasteiger partial charge in [0, 0.05) is 51.7 Å². The fourth-order valence-electron chi connectivity index (χ4n) is 3.61. The minimum atomic E-state index is 0. The molecule has 1 fully saturated rings. The molecule has 1 aliphatic rings. The standard InChI is InChI=1S/C20H38N6OS.HI/c1-6-16(7-2)18(26-9-11-27-12-10-26)14-23-19(21-8-3)22-13-17-15-28-20(24-17)25(4)5;/h15-16,18H,6-14H2,1-5H3,(H2,21,22,23);1H. The van der Waals surface area contributed by atoms with Crippen molar-refractivity contribution < 1.29 is 4.74 Å². The number of aliphatic imine (C=N–C) groups is 1. The van der Waals surface area contributed by atoms with Gasteiger partial charge in [-0.25, -0.2) is 9.98 Å². The van der Waals surface area contributed by atoms with Gasteiger partial charge in [-0.15, -0.1) is 35.3 Å². The predicted molar refractivity (Wildman–Crippen MR) is 135 cm³/mol. The molecule has 2 heterocycles. The van der Waals surface area contributed by atoms with Crippen molar-refractivity contribution in [3.05, 3.63) is 11.1 Å². The number of morpholine rings is 1. The van der Waals surface area contributed by atoms with Gasteiger partial charge < -0.3 is 20.3 Å². The Morgan fingerprint density at radius 3 is 2.48 bits per heavy atom. The highest BCUT2D eigenvalue weighted by atomic mass is 127. The third-order valence-corrected chi connectivity index (χ3v) is 6.31. The van der Waals surface area contributed by atoms with Gasteiger partial charge in [0.05, 0.1) is 25.5 Å².